The van der Waals surface area contributed by atoms with E-state index in [4.69, 9.17) is 24.6 Å². The van der Waals surface area contributed by atoms with Gasteiger partial charge in [-0.25, -0.2) is 19.7 Å². The van der Waals surface area contributed by atoms with Crippen molar-refractivity contribution in [2.75, 3.05) is 86.3 Å². The van der Waals surface area contributed by atoms with Crippen molar-refractivity contribution in [3.8, 4) is 11.3 Å². The van der Waals surface area contributed by atoms with Crippen molar-refractivity contribution in [2.45, 2.75) is 6.42 Å². The van der Waals surface area contributed by atoms with E-state index in [0.717, 1.165) is 42.1 Å². The topological polar surface area (TPSA) is 155 Å². The molecule has 2 aromatic heterocycles. The first-order chi connectivity index (χ1) is 20.4. The maximum atomic E-state index is 13.0. The van der Waals surface area contributed by atoms with Crippen molar-refractivity contribution < 1.29 is 18.5 Å². The third-order valence-corrected chi connectivity index (χ3v) is 8.12. The molecule has 0 spiro atoms. The first kappa shape index (κ1) is 27.9. The van der Waals surface area contributed by atoms with E-state index in [9.17, 15) is 9.59 Å². The summed E-state index contributed by atoms with van der Waals surface area (Å²) in [5.74, 6) is 1.35. The highest BCUT2D eigenvalue weighted by Crippen LogP contribution is 2.38. The lowest BCUT2D eigenvalue weighted by Gasteiger charge is -2.32. The maximum absolute atomic E-state index is 13.0. The van der Waals surface area contributed by atoms with E-state index < -0.39 is 6.09 Å². The van der Waals surface area contributed by atoms with Crippen molar-refractivity contribution in [1.29, 1.82) is 0 Å². The lowest BCUT2D eigenvalue weighted by atomic mass is 10.1. The fourth-order valence-electron chi connectivity index (χ4n) is 5.03. The van der Waals surface area contributed by atoms with Crippen LogP contribution in [0.1, 0.15) is 15.9 Å². The number of fused-ring (bicyclic) bond motifs is 1. The van der Waals surface area contributed by atoms with Crippen LogP contribution in [0.25, 0.3) is 11.3 Å². The Kier molecular flexibility index (Phi) is 8.21. The van der Waals surface area contributed by atoms with Crippen LogP contribution >= 0.6 is 12.2 Å². The molecule has 3 aliphatic rings. The normalized spacial score (nSPS) is 17.2. The van der Waals surface area contributed by atoms with Gasteiger partial charge in [0.15, 0.2) is 18.0 Å². The molecule has 3 aliphatic heterocycles. The van der Waals surface area contributed by atoms with Crippen LogP contribution in [0.5, 0.6) is 0 Å². The lowest BCUT2D eigenvalue weighted by molar-refractivity contribution is 0.0664. The lowest BCUT2D eigenvalue weighted by Crippen LogP contribution is -2.47. The molecule has 0 aliphatic carbocycles. The average Bonchev–Trinajstić information content (AvgIpc) is 3.43. The molecule has 3 aromatic rings. The summed E-state index contributed by atoms with van der Waals surface area (Å²) in [6.45, 7) is 6.08. The van der Waals surface area contributed by atoms with Gasteiger partial charge in [0.2, 0.25) is 11.9 Å². The van der Waals surface area contributed by atoms with Crippen molar-refractivity contribution in [1.82, 2.24) is 29.7 Å². The smallest absolute Gasteiger partial charge is 0.378 e. The Morgan fingerprint density at radius 3 is 2.55 bits per heavy atom. The van der Waals surface area contributed by atoms with Gasteiger partial charge in [-0.3, -0.25) is 14.4 Å². The summed E-state index contributed by atoms with van der Waals surface area (Å²) < 4.78 is 12.8. The summed E-state index contributed by atoms with van der Waals surface area (Å²) in [6, 6.07) is 6.89. The van der Waals surface area contributed by atoms with Crippen LogP contribution in [-0.2, 0) is 15.3 Å². The zero-order chi connectivity index (χ0) is 29.1. The Hall–Kier alpha value is -4.21. The standard InChI is InChI=1S/C27H32N10O4S/c1-34-7-9-35(10-8-34)24(38)18-3-2-4-20(15-18)31-27(39)41-42-37-6-5-21-22(19-16-29-25(28)30-17-19)32-26(33-23(21)37)36-11-13-40-14-12-36/h2-4,15-17H,5-14H2,1H3,(H,31,39)(H2,28,29,30). The largest absolute Gasteiger partial charge is 0.425 e. The molecule has 0 saturated carbocycles. The molecular formula is C27H32N10O4S. The number of rotatable bonds is 6. The zero-order valence-electron chi connectivity index (χ0n) is 23.2. The van der Waals surface area contributed by atoms with Crippen LogP contribution in [-0.4, -0.2) is 108 Å². The van der Waals surface area contributed by atoms with E-state index in [1.54, 1.807) is 36.7 Å². The number of likely N-dealkylation sites (N-methyl/N-ethyl adjacent to an activating group) is 1. The van der Waals surface area contributed by atoms with E-state index >= 15 is 0 Å². The number of amides is 2. The van der Waals surface area contributed by atoms with Gasteiger partial charge >= 0.3 is 6.09 Å². The SMILES string of the molecule is CN1CCN(C(=O)c2cccc(NC(=O)OSN3CCc4c(-c5cnc(N)nc5)nc(N5CCOCC5)nc43)c2)CC1. The Labute approximate surface area is 247 Å². The number of anilines is 4. The van der Waals surface area contributed by atoms with Gasteiger partial charge in [-0.2, -0.15) is 4.98 Å². The molecule has 2 amide bonds. The highest BCUT2D eigenvalue weighted by Gasteiger charge is 2.30. The number of piperazine rings is 1. The molecule has 0 radical (unpaired) electrons. The predicted molar refractivity (Wildman–Crippen MR) is 159 cm³/mol. The van der Waals surface area contributed by atoms with Gasteiger partial charge in [-0.15, -0.1) is 0 Å². The maximum Gasteiger partial charge on any atom is 0.425 e. The third-order valence-electron chi connectivity index (χ3n) is 7.36. The fraction of sp³-hybridized carbons (Fsp3) is 0.407. The Morgan fingerprint density at radius 2 is 1.79 bits per heavy atom. The van der Waals surface area contributed by atoms with E-state index in [1.165, 1.54) is 0 Å². The van der Waals surface area contributed by atoms with E-state index in [0.29, 0.717) is 75.4 Å². The molecule has 0 bridgehead atoms. The number of nitrogen functional groups attached to an aromatic ring is 1. The first-order valence-corrected chi connectivity index (χ1v) is 14.5. The highest BCUT2D eigenvalue weighted by molar-refractivity contribution is 7.96. The number of benzene rings is 1. The molecule has 1 aromatic carbocycles. The number of hydrogen-bond acceptors (Lipinski definition) is 13. The van der Waals surface area contributed by atoms with Gasteiger partial charge in [0.1, 0.15) is 0 Å². The third kappa shape index (κ3) is 6.17. The second-order valence-electron chi connectivity index (χ2n) is 10.2. The monoisotopic (exact) mass is 592 g/mol. The second kappa shape index (κ2) is 12.3. The van der Waals surface area contributed by atoms with Crippen LogP contribution in [0.2, 0.25) is 0 Å². The van der Waals surface area contributed by atoms with Gasteiger partial charge in [0.05, 0.1) is 18.9 Å². The number of nitrogens with two attached hydrogens (primary N) is 1. The van der Waals surface area contributed by atoms with Crippen molar-refractivity contribution in [3.05, 3.63) is 47.8 Å². The molecule has 0 atom stereocenters. The molecule has 0 unspecified atom stereocenters. The molecule has 5 heterocycles. The zero-order valence-corrected chi connectivity index (χ0v) is 24.0. The predicted octanol–water partition coefficient (Wildman–Crippen LogP) is 1.91. The summed E-state index contributed by atoms with van der Waals surface area (Å²) in [5.41, 5.74) is 9.06. The Morgan fingerprint density at radius 1 is 1.02 bits per heavy atom. The van der Waals surface area contributed by atoms with Crippen LogP contribution < -0.4 is 20.3 Å². The Balaban J connectivity index is 1.15. The number of morpholine rings is 1. The summed E-state index contributed by atoms with van der Waals surface area (Å²) in [5, 5.41) is 2.73. The molecular weight excluding hydrogens is 560 g/mol. The summed E-state index contributed by atoms with van der Waals surface area (Å²) in [6.07, 6.45) is 3.28. The Bertz CT molecular complexity index is 1450. The molecule has 3 N–H and O–H groups in total. The van der Waals surface area contributed by atoms with E-state index in [1.807, 2.05) is 16.3 Å². The van der Waals surface area contributed by atoms with Gasteiger partial charge in [-0.1, -0.05) is 6.07 Å². The molecule has 6 rings (SSSR count). The molecule has 2 saturated heterocycles. The average molecular weight is 593 g/mol. The molecule has 15 heteroatoms. The fourth-order valence-corrected chi connectivity index (χ4v) is 5.62. The number of nitrogens with one attached hydrogen (secondary N) is 1. The van der Waals surface area contributed by atoms with E-state index in [-0.39, 0.29) is 11.9 Å². The van der Waals surface area contributed by atoms with Crippen LogP contribution in [0.15, 0.2) is 36.7 Å². The molecule has 2 fully saturated rings. The number of aromatic nitrogens is 4. The van der Waals surface area contributed by atoms with Gasteiger partial charge in [0.25, 0.3) is 5.91 Å². The molecule has 14 nitrogen and oxygen atoms in total. The van der Waals surface area contributed by atoms with Gasteiger partial charge < -0.3 is 29.4 Å². The van der Waals surface area contributed by atoms with Crippen molar-refractivity contribution >= 4 is 47.6 Å². The number of hydrogen-bond donors (Lipinski definition) is 2. The molecule has 220 valence electrons. The second-order valence-corrected chi connectivity index (χ2v) is 11.0. The van der Waals surface area contributed by atoms with Crippen molar-refractivity contribution in [3.63, 3.8) is 0 Å². The minimum absolute atomic E-state index is 0.0544. The number of nitrogens with zero attached hydrogens (tertiary/aromatic N) is 8. The van der Waals surface area contributed by atoms with E-state index in [2.05, 4.69) is 25.1 Å². The van der Waals surface area contributed by atoms with Crippen LogP contribution in [0.3, 0.4) is 0 Å². The molecule has 42 heavy (non-hydrogen) atoms. The summed E-state index contributed by atoms with van der Waals surface area (Å²) in [4.78, 5) is 49.8. The quantitative estimate of drug-likeness (QED) is 0.317. The minimum Gasteiger partial charge on any atom is -0.378 e. The summed E-state index contributed by atoms with van der Waals surface area (Å²) >= 11 is 0.906. The first-order valence-electron chi connectivity index (χ1n) is 13.8. The summed E-state index contributed by atoms with van der Waals surface area (Å²) in [7, 11) is 2.04. The number of carbonyl (C=O) groups excluding carboxylic acids is 2. The number of ether oxygens (including phenoxy) is 1. The minimum atomic E-state index is -0.660. The highest BCUT2D eigenvalue weighted by atomic mass is 32.2. The van der Waals surface area contributed by atoms with Crippen LogP contribution in [0, 0.1) is 0 Å². The number of carbonyl (C=O) groups is 2. The van der Waals surface area contributed by atoms with Gasteiger partial charge in [-0.05, 0) is 31.7 Å². The van der Waals surface area contributed by atoms with Crippen molar-refractivity contribution in [2.24, 2.45) is 0 Å². The van der Waals surface area contributed by atoms with Crippen LogP contribution in [0.4, 0.5) is 28.2 Å². The van der Waals surface area contributed by atoms with Gasteiger partial charge in [0, 0.05) is 80.6 Å².